The van der Waals surface area contributed by atoms with Gasteiger partial charge in [0.05, 0.1) is 0 Å². The molecule has 1 amide bonds. The van der Waals surface area contributed by atoms with Crippen LogP contribution in [0.15, 0.2) is 40.1 Å². The predicted octanol–water partition coefficient (Wildman–Crippen LogP) is 4.03. The van der Waals surface area contributed by atoms with Gasteiger partial charge in [-0.3, -0.25) is 4.79 Å². The second-order valence-electron chi connectivity index (χ2n) is 7.50. The van der Waals surface area contributed by atoms with Crippen LogP contribution in [0.25, 0.3) is 0 Å². The summed E-state index contributed by atoms with van der Waals surface area (Å²) in [7, 11) is 0. The number of carbonyl (C=O) groups excluding carboxylic acids is 1. The summed E-state index contributed by atoms with van der Waals surface area (Å²) >= 11 is 3.18. The van der Waals surface area contributed by atoms with Crippen LogP contribution in [0.1, 0.15) is 35.3 Å². The van der Waals surface area contributed by atoms with Crippen molar-refractivity contribution in [2.24, 2.45) is 5.92 Å². The first-order valence-corrected chi connectivity index (χ1v) is 11.9. The Kier molecular flexibility index (Phi) is 6.15. The van der Waals surface area contributed by atoms with E-state index in [-0.39, 0.29) is 5.91 Å². The number of likely N-dealkylation sites (tertiary alicyclic amines) is 2. The Morgan fingerprint density at radius 2 is 2.11 bits per heavy atom. The van der Waals surface area contributed by atoms with Gasteiger partial charge in [-0.2, -0.15) is 0 Å². The highest BCUT2D eigenvalue weighted by molar-refractivity contribution is 8.00. The van der Waals surface area contributed by atoms with Crippen LogP contribution in [-0.2, 0) is 6.42 Å². The Hall–Kier alpha value is -1.37. The van der Waals surface area contributed by atoms with Gasteiger partial charge in [0.1, 0.15) is 10.0 Å². The van der Waals surface area contributed by atoms with Crippen molar-refractivity contribution in [3.05, 3.63) is 47.0 Å². The zero-order valence-corrected chi connectivity index (χ0v) is 17.5. The molecule has 0 bridgehead atoms. The second kappa shape index (κ2) is 8.76. The van der Waals surface area contributed by atoms with E-state index in [0.717, 1.165) is 49.8 Å². The number of hydrogen-bond acceptors (Lipinski definition) is 5. The van der Waals surface area contributed by atoms with Crippen LogP contribution in [-0.4, -0.2) is 59.2 Å². The molecule has 0 saturated carbocycles. The molecule has 0 spiro atoms. The SMILES string of the molecule is CSc1nc(C(=O)N2CCC[C@@H]3CN(CCc4ccccc4)CC[C@@H]32)cs1. The number of amides is 1. The highest BCUT2D eigenvalue weighted by atomic mass is 32.2. The first-order chi connectivity index (χ1) is 13.2. The largest absolute Gasteiger partial charge is 0.334 e. The monoisotopic (exact) mass is 401 g/mol. The van der Waals surface area contributed by atoms with E-state index in [1.54, 1.807) is 23.1 Å². The molecule has 6 heteroatoms. The Morgan fingerprint density at radius 3 is 2.89 bits per heavy atom. The van der Waals surface area contributed by atoms with Gasteiger partial charge in [-0.15, -0.1) is 11.3 Å². The minimum absolute atomic E-state index is 0.138. The van der Waals surface area contributed by atoms with Gasteiger partial charge in [-0.05, 0) is 43.4 Å². The van der Waals surface area contributed by atoms with Crippen LogP contribution >= 0.6 is 23.1 Å². The summed E-state index contributed by atoms with van der Waals surface area (Å²) in [6.45, 7) is 4.21. The summed E-state index contributed by atoms with van der Waals surface area (Å²) in [5, 5.41) is 1.92. The maximum absolute atomic E-state index is 13.0. The molecule has 27 heavy (non-hydrogen) atoms. The van der Waals surface area contributed by atoms with Gasteiger partial charge in [0.2, 0.25) is 0 Å². The maximum Gasteiger partial charge on any atom is 0.273 e. The first-order valence-electron chi connectivity index (χ1n) is 9.81. The number of rotatable bonds is 5. The molecule has 3 heterocycles. The van der Waals surface area contributed by atoms with E-state index < -0.39 is 0 Å². The van der Waals surface area contributed by atoms with Crippen LogP contribution in [0.2, 0.25) is 0 Å². The smallest absolute Gasteiger partial charge is 0.273 e. The molecule has 2 aliphatic heterocycles. The number of thiazole rings is 1. The average molecular weight is 402 g/mol. The van der Waals surface area contributed by atoms with Crippen molar-refractivity contribution < 1.29 is 4.79 Å². The summed E-state index contributed by atoms with van der Waals surface area (Å²) in [6.07, 6.45) is 6.55. The van der Waals surface area contributed by atoms with Crippen molar-refractivity contribution in [1.82, 2.24) is 14.8 Å². The summed E-state index contributed by atoms with van der Waals surface area (Å²) < 4.78 is 0.975. The first kappa shape index (κ1) is 19.0. The highest BCUT2D eigenvalue weighted by Crippen LogP contribution is 2.32. The van der Waals surface area contributed by atoms with Gasteiger partial charge in [-0.1, -0.05) is 42.1 Å². The standard InChI is InChI=1S/C21H27N3OS2/c1-26-21-22-18(15-27-21)20(25)24-11-5-8-17-14-23(13-10-19(17)24)12-9-16-6-3-2-4-7-16/h2-4,6-7,15,17,19H,5,8-14H2,1H3/t17-,19+/m1/s1. The van der Waals surface area contributed by atoms with E-state index in [2.05, 4.69) is 45.1 Å². The second-order valence-corrected chi connectivity index (χ2v) is 9.41. The van der Waals surface area contributed by atoms with Crippen molar-refractivity contribution in [2.45, 2.75) is 36.1 Å². The van der Waals surface area contributed by atoms with Gasteiger partial charge >= 0.3 is 0 Å². The van der Waals surface area contributed by atoms with Crippen LogP contribution in [0.3, 0.4) is 0 Å². The van der Waals surface area contributed by atoms with E-state index in [0.29, 0.717) is 17.7 Å². The lowest BCUT2D eigenvalue weighted by Crippen LogP contribution is -2.56. The number of aromatic nitrogens is 1. The van der Waals surface area contributed by atoms with E-state index in [9.17, 15) is 4.79 Å². The molecular formula is C21H27N3OS2. The number of carbonyl (C=O) groups is 1. The lowest BCUT2D eigenvalue weighted by Gasteiger charge is -2.47. The van der Waals surface area contributed by atoms with Gasteiger partial charge in [0.25, 0.3) is 5.91 Å². The molecule has 4 rings (SSSR count). The fourth-order valence-corrected chi connectivity index (χ4v) is 5.70. The molecule has 0 unspecified atom stereocenters. The molecule has 2 fully saturated rings. The van der Waals surface area contributed by atoms with Crippen molar-refractivity contribution in [3.63, 3.8) is 0 Å². The number of thioether (sulfide) groups is 1. The molecule has 1 aromatic carbocycles. The fraction of sp³-hybridized carbons (Fsp3) is 0.524. The summed E-state index contributed by atoms with van der Waals surface area (Å²) in [5.41, 5.74) is 2.05. The number of piperidine rings is 2. The van der Waals surface area contributed by atoms with Gasteiger partial charge < -0.3 is 9.80 Å². The van der Waals surface area contributed by atoms with Crippen LogP contribution < -0.4 is 0 Å². The van der Waals surface area contributed by atoms with Crippen LogP contribution in [0.4, 0.5) is 0 Å². The van der Waals surface area contributed by atoms with Crippen molar-refractivity contribution in [2.75, 3.05) is 32.4 Å². The third-order valence-electron chi connectivity index (χ3n) is 5.85. The molecule has 2 atom stereocenters. The van der Waals surface area contributed by atoms with Gasteiger partial charge in [0, 0.05) is 37.6 Å². The van der Waals surface area contributed by atoms with Crippen molar-refractivity contribution >= 4 is 29.0 Å². The molecule has 4 nitrogen and oxygen atoms in total. The molecule has 0 radical (unpaired) electrons. The molecule has 144 valence electrons. The Bertz CT molecular complexity index is 764. The summed E-state index contributed by atoms with van der Waals surface area (Å²) in [6, 6.07) is 11.1. The van der Waals surface area contributed by atoms with Crippen molar-refractivity contribution in [3.8, 4) is 0 Å². The molecule has 0 aliphatic carbocycles. The quantitative estimate of drug-likeness (QED) is 0.709. The third-order valence-corrected chi connectivity index (χ3v) is 7.71. The molecule has 2 aromatic rings. The molecular weight excluding hydrogens is 374 g/mol. The molecule has 2 saturated heterocycles. The van der Waals surface area contributed by atoms with Crippen LogP contribution in [0.5, 0.6) is 0 Å². The zero-order chi connectivity index (χ0) is 18.6. The summed E-state index contributed by atoms with van der Waals surface area (Å²) in [4.78, 5) is 22.2. The maximum atomic E-state index is 13.0. The van der Waals surface area contributed by atoms with Gasteiger partial charge in [0.15, 0.2) is 0 Å². The zero-order valence-electron chi connectivity index (χ0n) is 15.8. The fourth-order valence-electron chi connectivity index (χ4n) is 4.46. The molecule has 0 N–H and O–H groups in total. The Balaban J connectivity index is 1.36. The lowest BCUT2D eigenvalue weighted by molar-refractivity contribution is 0.0201. The average Bonchev–Trinajstić information content (AvgIpc) is 3.21. The number of hydrogen-bond donors (Lipinski definition) is 0. The lowest BCUT2D eigenvalue weighted by atomic mass is 9.83. The Labute approximate surface area is 170 Å². The van der Waals surface area contributed by atoms with Crippen molar-refractivity contribution in [1.29, 1.82) is 0 Å². The predicted molar refractivity (Wildman–Crippen MR) is 113 cm³/mol. The Morgan fingerprint density at radius 1 is 1.26 bits per heavy atom. The number of benzene rings is 1. The number of nitrogens with zero attached hydrogens (tertiary/aromatic N) is 3. The topological polar surface area (TPSA) is 36.4 Å². The van der Waals surface area contributed by atoms with Gasteiger partial charge in [-0.25, -0.2) is 4.98 Å². The minimum atomic E-state index is 0.138. The molecule has 2 aliphatic rings. The normalized spacial score (nSPS) is 23.2. The number of fused-ring (bicyclic) bond motifs is 1. The van der Waals surface area contributed by atoms with E-state index in [1.165, 1.54) is 12.0 Å². The molecule has 1 aromatic heterocycles. The third kappa shape index (κ3) is 4.39. The highest BCUT2D eigenvalue weighted by Gasteiger charge is 2.38. The van der Waals surface area contributed by atoms with E-state index in [1.807, 2.05) is 11.6 Å². The van der Waals surface area contributed by atoms with Crippen LogP contribution in [0, 0.1) is 5.92 Å². The van der Waals surface area contributed by atoms with E-state index >= 15 is 0 Å². The van der Waals surface area contributed by atoms with E-state index in [4.69, 9.17) is 0 Å². The summed E-state index contributed by atoms with van der Waals surface area (Å²) in [5.74, 6) is 0.741. The minimum Gasteiger partial charge on any atom is -0.334 e.